The molecule has 1 aromatic heterocycles. The minimum absolute atomic E-state index is 0.0770. The van der Waals surface area contributed by atoms with E-state index < -0.39 is 0 Å². The highest BCUT2D eigenvalue weighted by atomic mass is 32.1. The minimum atomic E-state index is -0.0770. The molecule has 1 aliphatic rings. The molecule has 1 aromatic rings. The predicted molar refractivity (Wildman–Crippen MR) is 85.3 cm³/mol. The maximum atomic E-state index is 6.14. The zero-order valence-electron chi connectivity index (χ0n) is 13.1. The molecule has 0 aromatic carbocycles. The van der Waals surface area contributed by atoms with E-state index in [0.29, 0.717) is 0 Å². The lowest BCUT2D eigenvalue weighted by atomic mass is 10.0. The Kier molecular flexibility index (Phi) is 6.00. The van der Waals surface area contributed by atoms with Crippen molar-refractivity contribution >= 4 is 11.3 Å². The molecule has 1 fully saturated rings. The molecule has 20 heavy (non-hydrogen) atoms. The number of thiazole rings is 1. The first-order chi connectivity index (χ1) is 9.75. The van der Waals surface area contributed by atoms with Crippen LogP contribution in [0.5, 0.6) is 0 Å². The first-order valence-electron chi connectivity index (χ1n) is 8.09. The van der Waals surface area contributed by atoms with Crippen LogP contribution < -0.4 is 5.32 Å². The van der Waals surface area contributed by atoms with Crippen LogP contribution in [0.1, 0.15) is 68.5 Å². The van der Waals surface area contributed by atoms with Crippen molar-refractivity contribution in [2.45, 2.75) is 71.4 Å². The molecule has 0 unspecified atom stereocenters. The number of nitrogens with zero attached hydrogens (tertiary/aromatic N) is 1. The largest absolute Gasteiger partial charge is 0.368 e. The van der Waals surface area contributed by atoms with E-state index >= 15 is 0 Å². The molecule has 3 nitrogen and oxygen atoms in total. The maximum absolute atomic E-state index is 6.14. The van der Waals surface area contributed by atoms with E-state index in [-0.39, 0.29) is 5.60 Å². The lowest BCUT2D eigenvalue weighted by molar-refractivity contribution is -0.0392. The molecule has 0 bridgehead atoms. The fraction of sp³-hybridized carbons (Fsp3) is 0.812. The highest BCUT2D eigenvalue weighted by Crippen LogP contribution is 2.44. The van der Waals surface area contributed by atoms with Gasteiger partial charge in [0, 0.05) is 18.0 Å². The summed E-state index contributed by atoms with van der Waals surface area (Å²) in [4.78, 5) is 6.34. The van der Waals surface area contributed by atoms with Crippen LogP contribution in [0.2, 0.25) is 0 Å². The monoisotopic (exact) mass is 296 g/mol. The molecular formula is C16H28N2OS. The molecule has 114 valence electrons. The third-order valence-electron chi connectivity index (χ3n) is 4.05. The summed E-state index contributed by atoms with van der Waals surface area (Å²) in [7, 11) is 0. The lowest BCUT2D eigenvalue weighted by Gasteiger charge is -2.26. The Morgan fingerprint density at radius 1 is 1.25 bits per heavy atom. The topological polar surface area (TPSA) is 34.1 Å². The predicted octanol–water partition coefficient (Wildman–Crippen LogP) is 4.01. The van der Waals surface area contributed by atoms with Gasteiger partial charge in [0.05, 0.1) is 5.69 Å². The van der Waals surface area contributed by atoms with Crippen LogP contribution in [0, 0.1) is 0 Å². The van der Waals surface area contributed by atoms with E-state index in [1.807, 2.05) is 11.3 Å². The second-order valence-electron chi connectivity index (χ2n) is 5.55. The van der Waals surface area contributed by atoms with Gasteiger partial charge in [-0.15, -0.1) is 11.3 Å². The van der Waals surface area contributed by atoms with Gasteiger partial charge in [0.1, 0.15) is 10.6 Å². The highest BCUT2D eigenvalue weighted by Gasteiger charge is 2.39. The summed E-state index contributed by atoms with van der Waals surface area (Å²) in [5.41, 5.74) is 1.19. The molecule has 1 N–H and O–H groups in total. The van der Waals surface area contributed by atoms with Crippen molar-refractivity contribution in [1.29, 1.82) is 0 Å². The Bertz CT molecular complexity index is 411. The molecule has 0 amide bonds. The van der Waals surface area contributed by atoms with Crippen molar-refractivity contribution < 1.29 is 4.74 Å². The summed E-state index contributed by atoms with van der Waals surface area (Å²) in [6.45, 7) is 9.31. The molecule has 0 atom stereocenters. The zero-order chi connectivity index (χ0) is 14.4. The Morgan fingerprint density at radius 2 is 2.00 bits per heavy atom. The van der Waals surface area contributed by atoms with E-state index in [1.165, 1.54) is 34.8 Å². The van der Waals surface area contributed by atoms with Gasteiger partial charge in [0.15, 0.2) is 0 Å². The van der Waals surface area contributed by atoms with Crippen LogP contribution in [-0.2, 0) is 23.3 Å². The Balaban J connectivity index is 2.18. The van der Waals surface area contributed by atoms with E-state index in [4.69, 9.17) is 9.72 Å². The molecule has 0 aliphatic heterocycles. The lowest BCUT2D eigenvalue weighted by Crippen LogP contribution is -2.26. The third kappa shape index (κ3) is 3.41. The minimum Gasteiger partial charge on any atom is -0.368 e. The molecule has 0 spiro atoms. The number of nitrogens with one attached hydrogen (secondary N) is 1. The second kappa shape index (κ2) is 7.53. The highest BCUT2D eigenvalue weighted by molar-refractivity contribution is 7.11. The van der Waals surface area contributed by atoms with Crippen LogP contribution in [0.4, 0.5) is 0 Å². The van der Waals surface area contributed by atoms with Gasteiger partial charge in [-0.3, -0.25) is 0 Å². The summed E-state index contributed by atoms with van der Waals surface area (Å²) in [6.07, 6.45) is 7.01. The van der Waals surface area contributed by atoms with Crippen LogP contribution >= 0.6 is 11.3 Å². The van der Waals surface area contributed by atoms with Crippen LogP contribution in [0.3, 0.4) is 0 Å². The maximum Gasteiger partial charge on any atom is 0.125 e. The first kappa shape index (κ1) is 15.9. The quantitative estimate of drug-likeness (QED) is 0.736. The summed E-state index contributed by atoms with van der Waals surface area (Å²) >= 11 is 1.87. The van der Waals surface area contributed by atoms with Crippen LogP contribution in [0.15, 0.2) is 0 Å². The first-order valence-corrected chi connectivity index (χ1v) is 8.91. The van der Waals surface area contributed by atoms with Crippen molar-refractivity contribution in [2.75, 3.05) is 13.2 Å². The van der Waals surface area contributed by atoms with Gasteiger partial charge in [0.2, 0.25) is 0 Å². The molecule has 1 saturated carbocycles. The van der Waals surface area contributed by atoms with Crippen molar-refractivity contribution in [1.82, 2.24) is 10.3 Å². The number of hydrogen-bond acceptors (Lipinski definition) is 4. The van der Waals surface area contributed by atoms with Crippen molar-refractivity contribution in [3.8, 4) is 0 Å². The molecule has 0 radical (unpaired) electrons. The van der Waals surface area contributed by atoms with Gasteiger partial charge in [-0.1, -0.05) is 26.7 Å². The molecule has 1 heterocycles. The van der Waals surface area contributed by atoms with E-state index in [1.54, 1.807) is 0 Å². The normalized spacial score (nSPS) is 17.8. The SMILES string of the molecule is CCCNCc1sc(C2(OCC)CCCC2)nc1CC. The molecule has 0 saturated heterocycles. The second-order valence-corrected chi connectivity index (χ2v) is 6.64. The van der Waals surface area contributed by atoms with E-state index in [0.717, 1.165) is 39.0 Å². The van der Waals surface area contributed by atoms with Gasteiger partial charge >= 0.3 is 0 Å². The number of ether oxygens (including phenoxy) is 1. The van der Waals surface area contributed by atoms with Crippen molar-refractivity contribution in [2.24, 2.45) is 0 Å². The summed E-state index contributed by atoms with van der Waals surface area (Å²) in [6, 6.07) is 0. The fourth-order valence-corrected chi connectivity index (χ4v) is 4.33. The fourth-order valence-electron chi connectivity index (χ4n) is 3.01. The van der Waals surface area contributed by atoms with Gasteiger partial charge in [0.25, 0.3) is 0 Å². The number of rotatable bonds is 8. The Hall–Kier alpha value is -0.450. The van der Waals surface area contributed by atoms with Gasteiger partial charge in [-0.2, -0.15) is 0 Å². The van der Waals surface area contributed by atoms with Crippen LogP contribution in [0.25, 0.3) is 0 Å². The molecule has 4 heteroatoms. The summed E-state index contributed by atoms with van der Waals surface area (Å²) < 4.78 is 6.14. The Labute approximate surface area is 127 Å². The van der Waals surface area contributed by atoms with E-state index in [2.05, 4.69) is 26.1 Å². The molecular weight excluding hydrogens is 268 g/mol. The summed E-state index contributed by atoms with van der Waals surface area (Å²) in [5, 5.41) is 4.73. The number of aromatic nitrogens is 1. The molecule has 1 aliphatic carbocycles. The average Bonchev–Trinajstić information content (AvgIpc) is 3.07. The van der Waals surface area contributed by atoms with Gasteiger partial charge in [-0.25, -0.2) is 4.98 Å². The van der Waals surface area contributed by atoms with Gasteiger partial charge < -0.3 is 10.1 Å². The van der Waals surface area contributed by atoms with Gasteiger partial charge in [-0.05, 0) is 39.2 Å². The molecule has 2 rings (SSSR count). The Morgan fingerprint density at radius 3 is 2.60 bits per heavy atom. The number of hydrogen-bond donors (Lipinski definition) is 1. The number of aryl methyl sites for hydroxylation is 1. The average molecular weight is 296 g/mol. The van der Waals surface area contributed by atoms with Crippen LogP contribution in [-0.4, -0.2) is 18.1 Å². The smallest absolute Gasteiger partial charge is 0.125 e. The van der Waals surface area contributed by atoms with Crippen molar-refractivity contribution in [3.05, 3.63) is 15.6 Å². The third-order valence-corrected chi connectivity index (χ3v) is 5.33. The van der Waals surface area contributed by atoms with Crippen molar-refractivity contribution in [3.63, 3.8) is 0 Å². The van der Waals surface area contributed by atoms with E-state index in [9.17, 15) is 0 Å². The summed E-state index contributed by atoms with van der Waals surface area (Å²) in [5.74, 6) is 0. The zero-order valence-corrected chi connectivity index (χ0v) is 13.9. The standard InChI is InChI=1S/C16H28N2OS/c1-4-11-17-12-14-13(5-2)18-15(20-14)16(19-6-3)9-7-8-10-16/h17H,4-12H2,1-3H3.